The minimum atomic E-state index is -0.682. The topological polar surface area (TPSA) is 156 Å². The van der Waals surface area contributed by atoms with Crippen LogP contribution in [0.2, 0.25) is 0 Å². The molecule has 1 atom stereocenters. The molecule has 9 heteroatoms. The summed E-state index contributed by atoms with van der Waals surface area (Å²) < 4.78 is 8.50. The van der Waals surface area contributed by atoms with Crippen LogP contribution in [0.4, 0.5) is 5.69 Å². The van der Waals surface area contributed by atoms with Crippen LogP contribution in [0.1, 0.15) is 34.1 Å². The maximum atomic E-state index is 12.8. The van der Waals surface area contributed by atoms with Crippen LogP contribution < -0.4 is 26.6 Å². The third-order valence-electron chi connectivity index (χ3n) is 4.86. The zero-order chi connectivity index (χ0) is 21.8. The van der Waals surface area contributed by atoms with Crippen molar-refractivity contribution < 1.29 is 9.21 Å². The number of amides is 1. The molecule has 0 saturated carbocycles. The summed E-state index contributed by atoms with van der Waals surface area (Å²) in [5.41, 5.74) is 16.0. The molecular formula is C21H26N6O2S. The van der Waals surface area contributed by atoms with E-state index in [9.17, 15) is 4.79 Å². The first-order valence-corrected chi connectivity index (χ1v) is 10.3. The Morgan fingerprint density at radius 1 is 1.20 bits per heavy atom. The fourth-order valence-electron chi connectivity index (χ4n) is 3.41. The van der Waals surface area contributed by atoms with Crippen molar-refractivity contribution in [2.24, 2.45) is 16.6 Å². The van der Waals surface area contributed by atoms with E-state index in [1.165, 1.54) is 0 Å². The van der Waals surface area contributed by atoms with Crippen LogP contribution in [0.15, 0.2) is 40.8 Å². The lowest BCUT2D eigenvalue weighted by atomic mass is 10.00. The predicted molar refractivity (Wildman–Crippen MR) is 122 cm³/mol. The highest BCUT2D eigenvalue weighted by Crippen LogP contribution is 2.30. The number of rotatable bonds is 8. The first-order chi connectivity index (χ1) is 14.3. The second kappa shape index (κ2) is 9.21. The first kappa shape index (κ1) is 21.7. The second-order valence-electron chi connectivity index (χ2n) is 7.11. The Morgan fingerprint density at radius 3 is 2.60 bits per heavy atom. The molecule has 1 amide bonds. The van der Waals surface area contributed by atoms with Crippen molar-refractivity contribution in [1.29, 1.82) is 5.41 Å². The smallest absolute Gasteiger partial charge is 0.257 e. The van der Waals surface area contributed by atoms with Crippen LogP contribution in [0.3, 0.4) is 0 Å². The zero-order valence-corrected chi connectivity index (χ0v) is 17.7. The standard InChI is InChI=1S/C21H26N6O2S/c1-11-7-13(20(23)24)3-4-17(11)26-18(21(28)27-30-25)14-8-12(2)19-15(9-14)10-16(29-19)5-6-22/h3-4,7-10,18,26H,5-6,22,25H2,1-2H3,(H3,23,24)(H,27,28). The van der Waals surface area contributed by atoms with Crippen molar-refractivity contribution in [2.45, 2.75) is 26.3 Å². The van der Waals surface area contributed by atoms with E-state index in [0.717, 1.165) is 51.2 Å². The van der Waals surface area contributed by atoms with Gasteiger partial charge in [-0.05, 0) is 73.5 Å². The van der Waals surface area contributed by atoms with Gasteiger partial charge in [-0.2, -0.15) is 0 Å². The van der Waals surface area contributed by atoms with Gasteiger partial charge in [0, 0.05) is 35.2 Å². The quantitative estimate of drug-likeness (QED) is 0.184. The molecular weight excluding hydrogens is 400 g/mol. The van der Waals surface area contributed by atoms with E-state index >= 15 is 0 Å². The SMILES string of the molecule is Cc1cc(C(=N)N)ccc1NC(C(=O)NSN)c1cc(C)c2oc(CCN)cc2c1. The molecule has 0 fully saturated rings. The van der Waals surface area contributed by atoms with Crippen molar-refractivity contribution in [2.75, 3.05) is 11.9 Å². The highest BCUT2D eigenvalue weighted by atomic mass is 32.2. The molecule has 8 nitrogen and oxygen atoms in total. The molecule has 0 aliphatic carbocycles. The number of carbonyl (C=O) groups is 1. The van der Waals surface area contributed by atoms with E-state index in [1.807, 2.05) is 38.1 Å². The van der Waals surface area contributed by atoms with Gasteiger partial charge < -0.3 is 21.2 Å². The molecule has 0 saturated heterocycles. The number of carbonyl (C=O) groups excluding carboxylic acids is 1. The third kappa shape index (κ3) is 4.59. The fraction of sp³-hybridized carbons (Fsp3) is 0.238. The molecule has 3 aromatic rings. The highest BCUT2D eigenvalue weighted by Gasteiger charge is 2.23. The Balaban J connectivity index is 2.02. The van der Waals surface area contributed by atoms with Gasteiger partial charge in [-0.1, -0.05) is 0 Å². The fourth-order valence-corrected chi connectivity index (χ4v) is 3.64. The summed E-state index contributed by atoms with van der Waals surface area (Å²) in [6.45, 7) is 4.34. The summed E-state index contributed by atoms with van der Waals surface area (Å²) in [5.74, 6) is 0.532. The van der Waals surface area contributed by atoms with E-state index in [2.05, 4.69) is 10.0 Å². The lowest BCUT2D eigenvalue weighted by Crippen LogP contribution is -2.30. The van der Waals surface area contributed by atoms with Gasteiger partial charge in [-0.15, -0.1) is 0 Å². The molecule has 1 unspecified atom stereocenters. The van der Waals surface area contributed by atoms with Crippen LogP contribution in [0.5, 0.6) is 0 Å². The van der Waals surface area contributed by atoms with Crippen LogP contribution in [-0.4, -0.2) is 18.3 Å². The van der Waals surface area contributed by atoms with Gasteiger partial charge in [0.25, 0.3) is 5.91 Å². The molecule has 9 N–H and O–H groups in total. The average Bonchev–Trinajstić information content (AvgIpc) is 3.10. The van der Waals surface area contributed by atoms with E-state index in [1.54, 1.807) is 12.1 Å². The van der Waals surface area contributed by atoms with Crippen LogP contribution in [0, 0.1) is 19.3 Å². The van der Waals surface area contributed by atoms with E-state index < -0.39 is 6.04 Å². The van der Waals surface area contributed by atoms with Gasteiger partial charge >= 0.3 is 0 Å². The zero-order valence-electron chi connectivity index (χ0n) is 16.9. The maximum absolute atomic E-state index is 12.8. The second-order valence-corrected chi connectivity index (χ2v) is 7.55. The number of furan rings is 1. The summed E-state index contributed by atoms with van der Waals surface area (Å²) in [6, 6.07) is 10.5. The number of benzene rings is 2. The largest absolute Gasteiger partial charge is 0.461 e. The Hall–Kier alpha value is -3.01. The van der Waals surface area contributed by atoms with Crippen molar-refractivity contribution >= 4 is 40.5 Å². The van der Waals surface area contributed by atoms with Gasteiger partial charge in [0.1, 0.15) is 23.2 Å². The molecule has 0 aliphatic rings. The van der Waals surface area contributed by atoms with E-state index in [4.69, 9.17) is 26.4 Å². The minimum absolute atomic E-state index is 0.00667. The molecule has 30 heavy (non-hydrogen) atoms. The lowest BCUT2D eigenvalue weighted by Gasteiger charge is -2.21. The van der Waals surface area contributed by atoms with Gasteiger partial charge in [0.15, 0.2) is 0 Å². The number of hydrogen-bond donors (Lipinski definition) is 6. The normalized spacial score (nSPS) is 12.0. The molecule has 0 radical (unpaired) electrons. The number of nitrogen functional groups attached to an aromatic ring is 1. The molecule has 2 aromatic carbocycles. The summed E-state index contributed by atoms with van der Waals surface area (Å²) >= 11 is 0.756. The molecule has 158 valence electrons. The van der Waals surface area contributed by atoms with E-state index in [-0.39, 0.29) is 11.7 Å². The van der Waals surface area contributed by atoms with Crippen molar-refractivity contribution in [3.8, 4) is 0 Å². The van der Waals surface area contributed by atoms with Crippen LogP contribution >= 0.6 is 12.1 Å². The number of fused-ring (bicyclic) bond motifs is 1. The van der Waals surface area contributed by atoms with Crippen LogP contribution in [0.25, 0.3) is 11.0 Å². The Bertz CT molecular complexity index is 1090. The first-order valence-electron chi connectivity index (χ1n) is 9.44. The van der Waals surface area contributed by atoms with Gasteiger partial charge in [0.05, 0.1) is 0 Å². The third-order valence-corrected chi connectivity index (χ3v) is 5.18. The lowest BCUT2D eigenvalue weighted by molar-refractivity contribution is -0.120. The summed E-state index contributed by atoms with van der Waals surface area (Å²) in [7, 11) is 0. The monoisotopic (exact) mass is 426 g/mol. The Morgan fingerprint density at radius 2 is 1.97 bits per heavy atom. The Kier molecular flexibility index (Phi) is 6.66. The summed E-state index contributed by atoms with van der Waals surface area (Å²) in [6.07, 6.45) is 0.650. The highest BCUT2D eigenvalue weighted by molar-refractivity contribution is 7.95. The molecule has 0 bridgehead atoms. The maximum Gasteiger partial charge on any atom is 0.257 e. The molecule has 0 spiro atoms. The summed E-state index contributed by atoms with van der Waals surface area (Å²) in [5, 5.41) is 17.3. The predicted octanol–water partition coefficient (Wildman–Crippen LogP) is 2.63. The molecule has 1 heterocycles. The molecule has 0 aliphatic heterocycles. The molecule has 1 aromatic heterocycles. The number of anilines is 1. The van der Waals surface area contributed by atoms with Crippen molar-refractivity contribution in [3.05, 3.63) is 64.4 Å². The summed E-state index contributed by atoms with van der Waals surface area (Å²) in [4.78, 5) is 12.8. The van der Waals surface area contributed by atoms with Crippen molar-refractivity contribution in [3.63, 3.8) is 0 Å². The number of amidine groups is 1. The Labute approximate surface area is 179 Å². The number of nitrogens with two attached hydrogens (primary N) is 3. The minimum Gasteiger partial charge on any atom is -0.461 e. The van der Waals surface area contributed by atoms with Gasteiger partial charge in [0.2, 0.25) is 0 Å². The van der Waals surface area contributed by atoms with Crippen molar-refractivity contribution in [1.82, 2.24) is 4.72 Å². The number of nitrogens with one attached hydrogen (secondary N) is 3. The molecule has 3 rings (SSSR count). The number of hydrogen-bond acceptors (Lipinski definition) is 7. The number of aryl methyl sites for hydroxylation is 2. The average molecular weight is 427 g/mol. The van der Waals surface area contributed by atoms with Gasteiger partial charge in [-0.3, -0.25) is 20.1 Å². The van der Waals surface area contributed by atoms with Gasteiger partial charge in [-0.25, -0.2) is 0 Å². The van der Waals surface area contributed by atoms with E-state index in [0.29, 0.717) is 18.5 Å². The van der Waals surface area contributed by atoms with Crippen LogP contribution in [-0.2, 0) is 11.2 Å².